The van der Waals surface area contributed by atoms with Crippen LogP contribution >= 0.6 is 0 Å². The molecule has 1 aliphatic heterocycles. The van der Waals surface area contributed by atoms with E-state index in [1.807, 2.05) is 14.0 Å². The third kappa shape index (κ3) is 4.21. The largest absolute Gasteiger partial charge is 0.372 e. The highest BCUT2D eigenvalue weighted by Crippen LogP contribution is 2.20. The number of hydrogen-bond acceptors (Lipinski definition) is 3. The van der Waals surface area contributed by atoms with Crippen LogP contribution in [0.5, 0.6) is 0 Å². The molecule has 1 heterocycles. The number of piperidine rings is 1. The molecule has 1 atom stereocenters. The minimum absolute atomic E-state index is 0.0117. The molecule has 1 amide bonds. The number of rotatable bonds is 5. The van der Waals surface area contributed by atoms with Gasteiger partial charge in [-0.05, 0) is 43.4 Å². The van der Waals surface area contributed by atoms with Crippen molar-refractivity contribution < 1.29 is 4.79 Å². The third-order valence-electron chi connectivity index (χ3n) is 4.21. The van der Waals surface area contributed by atoms with Crippen molar-refractivity contribution >= 4 is 11.6 Å². The summed E-state index contributed by atoms with van der Waals surface area (Å²) in [5, 5.41) is 0. The number of nitrogens with two attached hydrogens (primary N) is 1. The Morgan fingerprint density at radius 2 is 1.86 bits per heavy atom. The highest BCUT2D eigenvalue weighted by Gasteiger charge is 2.16. The fourth-order valence-corrected chi connectivity index (χ4v) is 2.77. The molecule has 0 saturated carbocycles. The molecule has 0 radical (unpaired) electrons. The first kappa shape index (κ1) is 15.8. The Hall–Kier alpha value is -1.55. The molecule has 0 aromatic heterocycles. The summed E-state index contributed by atoms with van der Waals surface area (Å²) in [6.07, 6.45) is 4.60. The van der Waals surface area contributed by atoms with E-state index >= 15 is 0 Å². The first-order valence-corrected chi connectivity index (χ1v) is 7.96. The van der Waals surface area contributed by atoms with E-state index in [4.69, 9.17) is 5.73 Å². The Morgan fingerprint density at radius 3 is 2.43 bits per heavy atom. The molecule has 2 N–H and O–H groups in total. The maximum atomic E-state index is 12.0. The molecular formula is C17H27N3O. The lowest BCUT2D eigenvalue weighted by molar-refractivity contribution is -0.131. The number of carbonyl (C=O) groups excluding carboxylic acids is 1. The summed E-state index contributed by atoms with van der Waals surface area (Å²) in [6.45, 7) is 4.86. The molecule has 4 heteroatoms. The van der Waals surface area contributed by atoms with Gasteiger partial charge in [0.05, 0.1) is 6.04 Å². The maximum Gasteiger partial charge on any atom is 0.239 e. The lowest BCUT2D eigenvalue weighted by Crippen LogP contribution is -2.40. The van der Waals surface area contributed by atoms with Crippen molar-refractivity contribution in [1.82, 2.24) is 4.90 Å². The van der Waals surface area contributed by atoms with Gasteiger partial charge in [0.1, 0.15) is 0 Å². The summed E-state index contributed by atoms with van der Waals surface area (Å²) >= 11 is 0. The second kappa shape index (κ2) is 7.46. The highest BCUT2D eigenvalue weighted by molar-refractivity contribution is 5.81. The molecule has 0 bridgehead atoms. The van der Waals surface area contributed by atoms with E-state index in [-0.39, 0.29) is 11.9 Å². The van der Waals surface area contributed by atoms with Crippen LogP contribution in [0.15, 0.2) is 24.3 Å². The van der Waals surface area contributed by atoms with Crippen molar-refractivity contribution in [1.29, 1.82) is 0 Å². The quantitative estimate of drug-likeness (QED) is 0.905. The van der Waals surface area contributed by atoms with E-state index in [1.165, 1.54) is 24.9 Å². The van der Waals surface area contributed by atoms with Gasteiger partial charge in [-0.25, -0.2) is 0 Å². The van der Waals surface area contributed by atoms with Gasteiger partial charge in [0.2, 0.25) is 5.91 Å². The average molecular weight is 289 g/mol. The summed E-state index contributed by atoms with van der Waals surface area (Å²) in [6, 6.07) is 8.18. The Labute approximate surface area is 127 Å². The van der Waals surface area contributed by atoms with E-state index in [2.05, 4.69) is 29.2 Å². The molecule has 0 aliphatic carbocycles. The number of amides is 1. The van der Waals surface area contributed by atoms with E-state index in [1.54, 1.807) is 4.90 Å². The van der Waals surface area contributed by atoms with Crippen molar-refractivity contribution in [2.75, 3.05) is 25.0 Å². The number of carbonyl (C=O) groups is 1. The molecule has 2 rings (SSSR count). The predicted molar refractivity (Wildman–Crippen MR) is 87.2 cm³/mol. The fraction of sp³-hybridized carbons (Fsp3) is 0.588. The van der Waals surface area contributed by atoms with E-state index in [0.29, 0.717) is 13.0 Å². The zero-order chi connectivity index (χ0) is 15.2. The number of benzene rings is 1. The normalized spacial score (nSPS) is 16.6. The molecule has 21 heavy (non-hydrogen) atoms. The number of anilines is 1. The topological polar surface area (TPSA) is 49.6 Å². The van der Waals surface area contributed by atoms with Crippen LogP contribution < -0.4 is 10.6 Å². The molecular weight excluding hydrogens is 262 g/mol. The molecule has 1 saturated heterocycles. The van der Waals surface area contributed by atoms with Crippen LogP contribution in [-0.2, 0) is 11.3 Å². The number of likely N-dealkylation sites (N-methyl/N-ethyl adjacent to an activating group) is 1. The van der Waals surface area contributed by atoms with Crippen molar-refractivity contribution in [3.8, 4) is 0 Å². The van der Waals surface area contributed by atoms with Crippen molar-refractivity contribution in [3.63, 3.8) is 0 Å². The van der Waals surface area contributed by atoms with Crippen LogP contribution in [0.2, 0.25) is 0 Å². The van der Waals surface area contributed by atoms with Gasteiger partial charge in [-0.3, -0.25) is 4.79 Å². The van der Waals surface area contributed by atoms with Crippen LogP contribution in [-0.4, -0.2) is 37.0 Å². The molecule has 1 fully saturated rings. The Kier molecular flexibility index (Phi) is 5.62. The number of hydrogen-bond donors (Lipinski definition) is 1. The van der Waals surface area contributed by atoms with Gasteiger partial charge in [0.25, 0.3) is 0 Å². The minimum atomic E-state index is -0.386. The number of nitrogens with zero attached hydrogens (tertiary/aromatic N) is 2. The molecule has 4 nitrogen and oxygen atoms in total. The van der Waals surface area contributed by atoms with Crippen LogP contribution in [0, 0.1) is 0 Å². The summed E-state index contributed by atoms with van der Waals surface area (Å²) in [7, 11) is 1.82. The molecule has 0 unspecified atom stereocenters. The zero-order valence-corrected chi connectivity index (χ0v) is 13.2. The lowest BCUT2D eigenvalue weighted by atomic mass is 10.1. The summed E-state index contributed by atoms with van der Waals surface area (Å²) in [4.78, 5) is 16.1. The zero-order valence-electron chi connectivity index (χ0n) is 13.2. The second-order valence-corrected chi connectivity index (χ2v) is 5.92. The molecule has 116 valence electrons. The van der Waals surface area contributed by atoms with Crippen LogP contribution in [0.3, 0.4) is 0 Å². The first-order valence-electron chi connectivity index (χ1n) is 7.96. The van der Waals surface area contributed by atoms with Gasteiger partial charge in [0.15, 0.2) is 0 Å². The third-order valence-corrected chi connectivity index (χ3v) is 4.21. The summed E-state index contributed by atoms with van der Waals surface area (Å²) in [5.74, 6) is 0.0117. The Morgan fingerprint density at radius 1 is 1.24 bits per heavy atom. The van der Waals surface area contributed by atoms with Crippen LogP contribution in [0.25, 0.3) is 0 Å². The lowest BCUT2D eigenvalue weighted by Gasteiger charge is -2.29. The monoisotopic (exact) mass is 289 g/mol. The van der Waals surface area contributed by atoms with E-state index < -0.39 is 0 Å². The SMILES string of the molecule is CC[C@@H](N)C(=O)N(C)Cc1ccc(N2CCCCC2)cc1. The Balaban J connectivity index is 1.94. The second-order valence-electron chi connectivity index (χ2n) is 5.92. The smallest absolute Gasteiger partial charge is 0.239 e. The van der Waals surface area contributed by atoms with Crippen LogP contribution in [0.1, 0.15) is 38.2 Å². The first-order chi connectivity index (χ1) is 10.1. The van der Waals surface area contributed by atoms with Crippen molar-refractivity contribution in [2.24, 2.45) is 5.73 Å². The molecule has 0 spiro atoms. The van der Waals surface area contributed by atoms with Crippen LogP contribution in [0.4, 0.5) is 5.69 Å². The van der Waals surface area contributed by atoms with Gasteiger partial charge in [-0.1, -0.05) is 19.1 Å². The van der Waals surface area contributed by atoms with Gasteiger partial charge in [-0.2, -0.15) is 0 Å². The fourth-order valence-electron chi connectivity index (χ4n) is 2.77. The summed E-state index contributed by atoms with van der Waals surface area (Å²) < 4.78 is 0. The Bertz CT molecular complexity index is 452. The molecule has 1 aromatic rings. The summed E-state index contributed by atoms with van der Waals surface area (Å²) in [5.41, 5.74) is 8.23. The van der Waals surface area contributed by atoms with E-state index in [9.17, 15) is 4.79 Å². The average Bonchev–Trinajstić information content (AvgIpc) is 2.54. The predicted octanol–water partition coefficient (Wildman–Crippen LogP) is 2.37. The van der Waals surface area contributed by atoms with Gasteiger partial charge in [0, 0.05) is 32.4 Å². The molecule has 1 aliphatic rings. The standard InChI is InChI=1S/C17H27N3O/c1-3-16(18)17(21)19(2)13-14-7-9-15(10-8-14)20-11-5-4-6-12-20/h7-10,16H,3-6,11-13,18H2,1-2H3/t16-/m1/s1. The van der Waals surface area contributed by atoms with Gasteiger partial charge >= 0.3 is 0 Å². The highest BCUT2D eigenvalue weighted by atomic mass is 16.2. The maximum absolute atomic E-state index is 12.0. The van der Waals surface area contributed by atoms with Crippen molar-refractivity contribution in [3.05, 3.63) is 29.8 Å². The van der Waals surface area contributed by atoms with E-state index in [0.717, 1.165) is 18.7 Å². The van der Waals surface area contributed by atoms with Crippen molar-refractivity contribution in [2.45, 2.75) is 45.2 Å². The molecule has 1 aromatic carbocycles. The van der Waals surface area contributed by atoms with Gasteiger partial charge in [-0.15, -0.1) is 0 Å². The minimum Gasteiger partial charge on any atom is -0.372 e. The van der Waals surface area contributed by atoms with Gasteiger partial charge < -0.3 is 15.5 Å².